The van der Waals surface area contributed by atoms with Crippen molar-refractivity contribution in [3.63, 3.8) is 0 Å². The van der Waals surface area contributed by atoms with Crippen molar-refractivity contribution in [1.29, 1.82) is 0 Å². The van der Waals surface area contributed by atoms with Crippen LogP contribution in [0.5, 0.6) is 0 Å². The minimum atomic E-state index is -1.17. The SMILES string of the molecule is CC(=CC(=O)O)C(=Cc1ccc2ccccc2c1)C(=O)O. The first-order valence-electron chi connectivity index (χ1n) is 6.33. The quantitative estimate of drug-likeness (QED) is 0.666. The van der Waals surface area contributed by atoms with Gasteiger partial charge in [-0.05, 0) is 41.0 Å². The molecule has 106 valence electrons. The molecule has 0 aliphatic carbocycles. The minimum absolute atomic E-state index is 0.0346. The van der Waals surface area contributed by atoms with Crippen LogP contribution in [0, 0.1) is 0 Å². The molecule has 0 atom stereocenters. The Morgan fingerprint density at radius 2 is 1.67 bits per heavy atom. The van der Waals surface area contributed by atoms with E-state index in [0.29, 0.717) is 5.56 Å². The molecule has 0 unspecified atom stereocenters. The molecule has 0 saturated carbocycles. The number of carbonyl (C=O) groups is 2. The summed E-state index contributed by atoms with van der Waals surface area (Å²) in [5.74, 6) is -2.32. The van der Waals surface area contributed by atoms with Gasteiger partial charge in [-0.3, -0.25) is 0 Å². The molecule has 0 aliphatic rings. The lowest BCUT2D eigenvalue weighted by Crippen LogP contribution is -2.03. The predicted octanol–water partition coefficient (Wildman–Crippen LogP) is 3.34. The number of hydrogen-bond acceptors (Lipinski definition) is 2. The van der Waals surface area contributed by atoms with Gasteiger partial charge in [-0.15, -0.1) is 0 Å². The van der Waals surface area contributed by atoms with E-state index in [1.807, 2.05) is 36.4 Å². The van der Waals surface area contributed by atoms with E-state index in [4.69, 9.17) is 5.11 Å². The standard InChI is InChI=1S/C17H14O4/c1-11(8-16(18)19)15(17(20)21)10-12-6-7-13-4-2-3-5-14(13)9-12/h2-10H,1H3,(H,18,19)(H,20,21). The molecule has 0 heterocycles. The van der Waals surface area contributed by atoms with Crippen LogP contribution in [0.25, 0.3) is 16.8 Å². The molecule has 4 nitrogen and oxygen atoms in total. The van der Waals surface area contributed by atoms with Crippen LogP contribution in [0.2, 0.25) is 0 Å². The molecule has 4 heteroatoms. The van der Waals surface area contributed by atoms with E-state index < -0.39 is 11.9 Å². The highest BCUT2D eigenvalue weighted by Gasteiger charge is 2.11. The van der Waals surface area contributed by atoms with E-state index >= 15 is 0 Å². The molecule has 0 spiro atoms. The topological polar surface area (TPSA) is 74.6 Å². The van der Waals surface area contributed by atoms with Crippen LogP contribution in [0.3, 0.4) is 0 Å². The molecule has 0 bridgehead atoms. The molecule has 0 radical (unpaired) electrons. The normalized spacial score (nSPS) is 12.4. The monoisotopic (exact) mass is 282 g/mol. The lowest BCUT2D eigenvalue weighted by molar-refractivity contribution is -0.132. The fourth-order valence-corrected chi connectivity index (χ4v) is 2.07. The van der Waals surface area contributed by atoms with Gasteiger partial charge >= 0.3 is 11.9 Å². The summed E-state index contributed by atoms with van der Waals surface area (Å²) in [5, 5.41) is 20.0. The lowest BCUT2D eigenvalue weighted by Gasteiger charge is -2.04. The van der Waals surface area contributed by atoms with Gasteiger partial charge in [-0.1, -0.05) is 36.4 Å². The summed E-state index contributed by atoms with van der Waals surface area (Å²) in [7, 11) is 0. The highest BCUT2D eigenvalue weighted by molar-refractivity contribution is 5.99. The maximum Gasteiger partial charge on any atom is 0.335 e. The van der Waals surface area contributed by atoms with Crippen molar-refractivity contribution >= 4 is 28.8 Å². The van der Waals surface area contributed by atoms with Gasteiger partial charge in [-0.25, -0.2) is 9.59 Å². The van der Waals surface area contributed by atoms with Crippen LogP contribution < -0.4 is 0 Å². The summed E-state index contributed by atoms with van der Waals surface area (Å²) in [4.78, 5) is 22.0. The second-order valence-corrected chi connectivity index (χ2v) is 4.64. The molecular formula is C17H14O4. The summed E-state index contributed by atoms with van der Waals surface area (Å²) in [6.07, 6.45) is 2.37. The number of aliphatic carboxylic acids is 2. The molecule has 2 aromatic carbocycles. The first kappa shape index (κ1) is 14.5. The van der Waals surface area contributed by atoms with Crippen molar-refractivity contribution in [1.82, 2.24) is 0 Å². The maximum atomic E-state index is 11.3. The highest BCUT2D eigenvalue weighted by Crippen LogP contribution is 2.20. The van der Waals surface area contributed by atoms with Crippen molar-refractivity contribution in [2.45, 2.75) is 6.92 Å². The zero-order valence-electron chi connectivity index (χ0n) is 11.4. The summed E-state index contributed by atoms with van der Waals surface area (Å²) in [6, 6.07) is 13.3. The molecule has 0 fully saturated rings. The first-order valence-corrected chi connectivity index (χ1v) is 6.33. The van der Waals surface area contributed by atoms with Gasteiger partial charge in [0.1, 0.15) is 0 Å². The number of benzene rings is 2. The number of fused-ring (bicyclic) bond motifs is 1. The Morgan fingerprint density at radius 3 is 2.29 bits per heavy atom. The average Bonchev–Trinajstić information content (AvgIpc) is 2.43. The van der Waals surface area contributed by atoms with E-state index in [2.05, 4.69) is 0 Å². The Labute approximate surface area is 121 Å². The largest absolute Gasteiger partial charge is 0.478 e. The number of rotatable bonds is 4. The van der Waals surface area contributed by atoms with Gasteiger partial charge in [-0.2, -0.15) is 0 Å². The molecule has 2 N–H and O–H groups in total. The summed E-state index contributed by atoms with van der Waals surface area (Å²) >= 11 is 0. The van der Waals surface area contributed by atoms with Crippen LogP contribution >= 0.6 is 0 Å². The van der Waals surface area contributed by atoms with Crippen LogP contribution in [0.15, 0.2) is 59.7 Å². The molecule has 2 aromatic rings. The molecule has 0 amide bonds. The summed E-state index contributed by atoms with van der Waals surface area (Å²) < 4.78 is 0. The van der Waals surface area contributed by atoms with Gasteiger partial charge in [0.15, 0.2) is 0 Å². The van der Waals surface area contributed by atoms with Gasteiger partial charge < -0.3 is 10.2 Å². The van der Waals surface area contributed by atoms with E-state index in [0.717, 1.165) is 16.8 Å². The lowest BCUT2D eigenvalue weighted by atomic mass is 10.0. The third-order valence-electron chi connectivity index (χ3n) is 3.08. The Kier molecular flexibility index (Phi) is 4.18. The molecule has 0 aromatic heterocycles. The minimum Gasteiger partial charge on any atom is -0.478 e. The van der Waals surface area contributed by atoms with Crippen LogP contribution in [0.4, 0.5) is 0 Å². The number of hydrogen-bond donors (Lipinski definition) is 2. The van der Waals surface area contributed by atoms with Gasteiger partial charge in [0.2, 0.25) is 0 Å². The summed E-state index contributed by atoms with van der Waals surface area (Å²) in [6.45, 7) is 1.47. The van der Waals surface area contributed by atoms with E-state index in [1.54, 1.807) is 6.07 Å². The highest BCUT2D eigenvalue weighted by atomic mass is 16.4. The van der Waals surface area contributed by atoms with Crippen molar-refractivity contribution in [2.24, 2.45) is 0 Å². The van der Waals surface area contributed by atoms with Gasteiger partial charge in [0.25, 0.3) is 0 Å². The average molecular weight is 282 g/mol. The Balaban J connectivity index is 2.49. The molecule has 0 saturated heterocycles. The zero-order valence-corrected chi connectivity index (χ0v) is 11.4. The van der Waals surface area contributed by atoms with E-state index in [9.17, 15) is 14.7 Å². The van der Waals surface area contributed by atoms with Crippen molar-refractivity contribution in [3.8, 4) is 0 Å². The van der Waals surface area contributed by atoms with E-state index in [1.165, 1.54) is 13.0 Å². The van der Waals surface area contributed by atoms with E-state index in [-0.39, 0.29) is 11.1 Å². The van der Waals surface area contributed by atoms with Crippen LogP contribution in [-0.2, 0) is 9.59 Å². The zero-order chi connectivity index (χ0) is 15.4. The smallest absolute Gasteiger partial charge is 0.335 e. The van der Waals surface area contributed by atoms with Gasteiger partial charge in [0, 0.05) is 6.08 Å². The fraction of sp³-hybridized carbons (Fsp3) is 0.0588. The van der Waals surface area contributed by atoms with Crippen LogP contribution in [0.1, 0.15) is 12.5 Å². The third kappa shape index (κ3) is 3.57. The van der Waals surface area contributed by atoms with Crippen molar-refractivity contribution in [3.05, 3.63) is 65.3 Å². The molecule has 0 aliphatic heterocycles. The van der Waals surface area contributed by atoms with Gasteiger partial charge in [0.05, 0.1) is 5.57 Å². The fourth-order valence-electron chi connectivity index (χ4n) is 2.07. The Morgan fingerprint density at radius 1 is 1.00 bits per heavy atom. The van der Waals surface area contributed by atoms with Crippen LogP contribution in [-0.4, -0.2) is 22.2 Å². The third-order valence-corrected chi connectivity index (χ3v) is 3.08. The molecule has 21 heavy (non-hydrogen) atoms. The Hall–Kier alpha value is -2.88. The Bertz CT molecular complexity index is 769. The summed E-state index contributed by atoms with van der Waals surface area (Å²) in [5.41, 5.74) is 0.875. The molecule has 2 rings (SSSR count). The number of carboxylic acids is 2. The molecular weight excluding hydrogens is 268 g/mol. The second kappa shape index (κ2) is 6.05. The first-order chi connectivity index (χ1) is 9.97. The van der Waals surface area contributed by atoms with Crippen molar-refractivity contribution < 1.29 is 19.8 Å². The van der Waals surface area contributed by atoms with Crippen molar-refractivity contribution in [2.75, 3.05) is 0 Å². The number of carboxylic acid groups (broad SMARTS) is 2. The predicted molar refractivity (Wildman–Crippen MR) is 81.0 cm³/mol. The second-order valence-electron chi connectivity index (χ2n) is 4.64. The maximum absolute atomic E-state index is 11.3.